The molecule has 1 aliphatic rings. The maximum absolute atomic E-state index is 13.5. The van der Waals surface area contributed by atoms with E-state index in [1.165, 1.54) is 29.2 Å². The predicted octanol–water partition coefficient (Wildman–Crippen LogP) is 4.53. The highest BCUT2D eigenvalue weighted by Gasteiger charge is 2.44. The summed E-state index contributed by atoms with van der Waals surface area (Å²) in [5.74, 6) is -1.63. The Morgan fingerprint density at radius 3 is 2.31 bits per heavy atom. The minimum atomic E-state index is -0.845. The standard InChI is InChI=1S/C27H24FN3O4S/c1-2-35-26(34)19-8-14-22(15-9-19)31-25(33)23(16-24(32)29-21-12-10-20(28)11-13-21)30(27(31)36)17-18-6-4-3-5-7-18/h3-15,23H,2,16-17H2,1H3,(H,29,32). The number of rotatable bonds is 8. The van der Waals surface area contributed by atoms with Gasteiger partial charge in [0.1, 0.15) is 11.9 Å². The number of anilines is 2. The van der Waals surface area contributed by atoms with Gasteiger partial charge < -0.3 is 15.0 Å². The summed E-state index contributed by atoms with van der Waals surface area (Å²) in [7, 11) is 0. The van der Waals surface area contributed by atoms with Crippen LogP contribution >= 0.6 is 12.2 Å². The first-order valence-corrected chi connectivity index (χ1v) is 11.8. The van der Waals surface area contributed by atoms with E-state index >= 15 is 0 Å². The molecule has 3 aromatic carbocycles. The fourth-order valence-electron chi connectivity index (χ4n) is 3.91. The number of carbonyl (C=O) groups is 3. The van der Waals surface area contributed by atoms with E-state index in [1.54, 1.807) is 36.1 Å². The molecular formula is C27H24FN3O4S. The van der Waals surface area contributed by atoms with Gasteiger partial charge in [-0.15, -0.1) is 0 Å². The Balaban J connectivity index is 1.58. The van der Waals surface area contributed by atoms with Gasteiger partial charge in [0.25, 0.3) is 5.91 Å². The molecule has 2 amide bonds. The third kappa shape index (κ3) is 5.58. The number of halogens is 1. The zero-order valence-electron chi connectivity index (χ0n) is 19.5. The van der Waals surface area contributed by atoms with Crippen molar-refractivity contribution in [1.82, 2.24) is 4.90 Å². The normalized spacial score (nSPS) is 15.2. The van der Waals surface area contributed by atoms with Gasteiger partial charge in [0.2, 0.25) is 5.91 Å². The molecule has 184 valence electrons. The van der Waals surface area contributed by atoms with Crippen molar-refractivity contribution in [3.63, 3.8) is 0 Å². The molecule has 0 bridgehead atoms. The molecule has 0 spiro atoms. The van der Waals surface area contributed by atoms with E-state index in [0.717, 1.165) is 5.56 Å². The zero-order valence-corrected chi connectivity index (χ0v) is 20.3. The number of hydrogen-bond acceptors (Lipinski definition) is 5. The van der Waals surface area contributed by atoms with E-state index in [-0.39, 0.29) is 24.0 Å². The molecule has 4 rings (SSSR count). The van der Waals surface area contributed by atoms with Gasteiger partial charge in [-0.05, 0) is 73.2 Å². The molecule has 0 aliphatic carbocycles. The first-order valence-electron chi connectivity index (χ1n) is 11.4. The Bertz CT molecular complexity index is 1270. The van der Waals surface area contributed by atoms with Gasteiger partial charge in [0.05, 0.1) is 24.3 Å². The molecule has 7 nitrogen and oxygen atoms in total. The molecule has 9 heteroatoms. The molecule has 1 N–H and O–H groups in total. The van der Waals surface area contributed by atoms with Gasteiger partial charge in [-0.25, -0.2) is 9.18 Å². The minimum Gasteiger partial charge on any atom is -0.462 e. The number of hydrogen-bond donors (Lipinski definition) is 1. The van der Waals surface area contributed by atoms with Crippen molar-refractivity contribution in [3.05, 3.63) is 95.8 Å². The lowest BCUT2D eigenvalue weighted by Gasteiger charge is -2.24. The van der Waals surface area contributed by atoms with Crippen molar-refractivity contribution in [1.29, 1.82) is 0 Å². The summed E-state index contributed by atoms with van der Waals surface area (Å²) in [6.07, 6.45) is -0.152. The predicted molar refractivity (Wildman–Crippen MR) is 138 cm³/mol. The molecule has 1 aliphatic heterocycles. The van der Waals surface area contributed by atoms with Crippen molar-refractivity contribution in [2.45, 2.75) is 25.9 Å². The molecule has 0 radical (unpaired) electrons. The summed E-state index contributed by atoms with van der Waals surface area (Å²) in [6, 6.07) is 20.4. The molecule has 1 fully saturated rings. The van der Waals surface area contributed by atoms with Crippen LogP contribution in [0.3, 0.4) is 0 Å². The van der Waals surface area contributed by atoms with E-state index in [0.29, 0.717) is 23.5 Å². The van der Waals surface area contributed by atoms with E-state index in [1.807, 2.05) is 30.3 Å². The second-order valence-corrected chi connectivity index (χ2v) is 8.48. The number of thiocarbonyl (C=S) groups is 1. The molecule has 1 heterocycles. The molecule has 36 heavy (non-hydrogen) atoms. The minimum absolute atomic E-state index is 0.152. The molecule has 0 aromatic heterocycles. The zero-order chi connectivity index (χ0) is 25.7. The van der Waals surface area contributed by atoms with Crippen molar-refractivity contribution in [3.8, 4) is 0 Å². The average molecular weight is 506 g/mol. The van der Waals surface area contributed by atoms with Crippen LogP contribution in [0.5, 0.6) is 0 Å². The van der Waals surface area contributed by atoms with E-state index in [9.17, 15) is 18.8 Å². The monoisotopic (exact) mass is 505 g/mol. The number of amides is 2. The number of esters is 1. The Hall–Kier alpha value is -4.11. The van der Waals surface area contributed by atoms with E-state index < -0.39 is 23.7 Å². The average Bonchev–Trinajstić information content (AvgIpc) is 3.10. The third-order valence-electron chi connectivity index (χ3n) is 5.66. The maximum Gasteiger partial charge on any atom is 0.338 e. The van der Waals surface area contributed by atoms with Gasteiger partial charge in [-0.2, -0.15) is 0 Å². The van der Waals surface area contributed by atoms with Gasteiger partial charge in [0, 0.05) is 12.2 Å². The van der Waals surface area contributed by atoms with Crippen LogP contribution in [0.4, 0.5) is 15.8 Å². The Morgan fingerprint density at radius 2 is 1.67 bits per heavy atom. The van der Waals surface area contributed by atoms with Crippen LogP contribution in [0.15, 0.2) is 78.9 Å². The van der Waals surface area contributed by atoms with Crippen LogP contribution in [-0.2, 0) is 20.9 Å². The highest BCUT2D eigenvalue weighted by atomic mass is 32.1. The number of benzene rings is 3. The maximum atomic E-state index is 13.5. The van der Waals surface area contributed by atoms with Gasteiger partial charge in [-0.3, -0.25) is 14.5 Å². The van der Waals surface area contributed by atoms with Crippen LogP contribution in [0.1, 0.15) is 29.3 Å². The van der Waals surface area contributed by atoms with Crippen molar-refractivity contribution in [2.24, 2.45) is 0 Å². The second-order valence-electron chi connectivity index (χ2n) is 8.11. The van der Waals surface area contributed by atoms with Crippen molar-refractivity contribution in [2.75, 3.05) is 16.8 Å². The first-order chi connectivity index (χ1) is 17.4. The smallest absolute Gasteiger partial charge is 0.338 e. The van der Waals surface area contributed by atoms with Crippen LogP contribution in [0, 0.1) is 5.82 Å². The summed E-state index contributed by atoms with van der Waals surface area (Å²) in [5, 5.41) is 2.96. The summed E-state index contributed by atoms with van der Waals surface area (Å²) in [4.78, 5) is 41.5. The molecular weight excluding hydrogens is 481 g/mol. The highest BCUT2D eigenvalue weighted by molar-refractivity contribution is 7.80. The number of nitrogens with zero attached hydrogens (tertiary/aromatic N) is 2. The third-order valence-corrected chi connectivity index (χ3v) is 6.07. The SMILES string of the molecule is CCOC(=O)c1ccc(N2C(=O)C(CC(=O)Nc3ccc(F)cc3)N(Cc3ccccc3)C2=S)cc1. The van der Waals surface area contributed by atoms with Gasteiger partial charge in [-0.1, -0.05) is 30.3 Å². The first kappa shape index (κ1) is 25.0. The van der Waals surface area contributed by atoms with Crippen molar-refractivity contribution >= 4 is 46.5 Å². The Labute approximate surface area is 213 Å². The van der Waals surface area contributed by atoms with Crippen LogP contribution in [0.2, 0.25) is 0 Å². The van der Waals surface area contributed by atoms with E-state index in [2.05, 4.69) is 5.32 Å². The van der Waals surface area contributed by atoms with Crippen LogP contribution in [-0.4, -0.2) is 40.4 Å². The molecule has 1 unspecified atom stereocenters. The lowest BCUT2D eigenvalue weighted by Crippen LogP contribution is -2.37. The van der Waals surface area contributed by atoms with Gasteiger partial charge >= 0.3 is 5.97 Å². The number of ether oxygens (including phenoxy) is 1. The number of carbonyl (C=O) groups excluding carboxylic acids is 3. The number of nitrogens with one attached hydrogen (secondary N) is 1. The summed E-state index contributed by atoms with van der Waals surface area (Å²) in [5.41, 5.74) is 2.19. The summed E-state index contributed by atoms with van der Waals surface area (Å²) < 4.78 is 18.2. The second kappa shape index (κ2) is 11.1. The molecule has 3 aromatic rings. The van der Waals surface area contributed by atoms with Crippen molar-refractivity contribution < 1.29 is 23.5 Å². The quantitative estimate of drug-likeness (QED) is 0.358. The fourth-order valence-corrected chi connectivity index (χ4v) is 4.30. The molecule has 1 atom stereocenters. The summed E-state index contributed by atoms with van der Waals surface area (Å²) >= 11 is 5.69. The lowest BCUT2D eigenvalue weighted by molar-refractivity contribution is -0.124. The topological polar surface area (TPSA) is 78.9 Å². The van der Waals surface area contributed by atoms with Crippen LogP contribution in [0.25, 0.3) is 0 Å². The summed E-state index contributed by atoms with van der Waals surface area (Å²) in [6.45, 7) is 2.31. The molecule has 0 saturated carbocycles. The van der Waals surface area contributed by atoms with Crippen LogP contribution < -0.4 is 10.2 Å². The fraction of sp³-hybridized carbons (Fsp3) is 0.185. The Morgan fingerprint density at radius 1 is 1.00 bits per heavy atom. The lowest BCUT2D eigenvalue weighted by atomic mass is 10.1. The van der Waals surface area contributed by atoms with E-state index in [4.69, 9.17) is 17.0 Å². The Kier molecular flexibility index (Phi) is 7.70. The largest absolute Gasteiger partial charge is 0.462 e. The molecule has 1 saturated heterocycles. The highest BCUT2D eigenvalue weighted by Crippen LogP contribution is 2.29. The van der Waals surface area contributed by atoms with Gasteiger partial charge in [0.15, 0.2) is 5.11 Å².